The van der Waals surface area contributed by atoms with Gasteiger partial charge in [0.1, 0.15) is 11.6 Å². The van der Waals surface area contributed by atoms with Crippen molar-refractivity contribution in [2.24, 2.45) is 0 Å². The molecule has 29 heavy (non-hydrogen) atoms. The summed E-state index contributed by atoms with van der Waals surface area (Å²) in [5.74, 6) is 1.53. The first-order valence-corrected chi connectivity index (χ1v) is 10.2. The van der Waals surface area contributed by atoms with Crippen LogP contribution in [0.25, 0.3) is 0 Å². The second-order valence-corrected chi connectivity index (χ2v) is 7.92. The normalized spacial score (nSPS) is 19.5. The van der Waals surface area contributed by atoms with E-state index in [9.17, 15) is 4.79 Å². The second-order valence-electron chi connectivity index (χ2n) is 7.92. The molecule has 2 aromatic heterocycles. The number of rotatable bonds is 6. The zero-order valence-corrected chi connectivity index (χ0v) is 16.9. The monoisotopic (exact) mass is 396 g/mol. The first-order valence-electron chi connectivity index (χ1n) is 10.2. The largest absolute Gasteiger partial charge is 0.381 e. The Labute approximate surface area is 170 Å². The Kier molecular flexibility index (Phi) is 5.73. The van der Waals surface area contributed by atoms with Crippen LogP contribution in [0.4, 0.5) is 5.82 Å². The number of likely N-dealkylation sites (tertiary alicyclic amines) is 1. The number of pyridine rings is 1. The highest BCUT2D eigenvalue weighted by Gasteiger charge is 2.34. The lowest BCUT2D eigenvalue weighted by atomic mass is 9.93. The van der Waals surface area contributed by atoms with E-state index in [0.717, 1.165) is 43.5 Å². The lowest BCUT2D eigenvalue weighted by molar-refractivity contribution is 0.0900. The molecule has 0 aliphatic carbocycles. The molecule has 154 valence electrons. The summed E-state index contributed by atoms with van der Waals surface area (Å²) < 4.78 is 5.40. The van der Waals surface area contributed by atoms with E-state index in [1.54, 1.807) is 0 Å². The maximum absolute atomic E-state index is 12.6. The molecule has 2 fully saturated rings. The number of anilines is 1. The van der Waals surface area contributed by atoms with Gasteiger partial charge >= 0.3 is 0 Å². The third kappa shape index (κ3) is 4.23. The summed E-state index contributed by atoms with van der Waals surface area (Å²) in [4.78, 5) is 27.0. The number of aromatic nitrogens is 3. The topological polar surface area (TPSA) is 107 Å². The Morgan fingerprint density at radius 2 is 2.07 bits per heavy atom. The van der Waals surface area contributed by atoms with Crippen molar-refractivity contribution in [2.45, 2.75) is 44.7 Å². The molecule has 2 aromatic rings. The van der Waals surface area contributed by atoms with E-state index in [1.165, 1.54) is 0 Å². The predicted molar refractivity (Wildman–Crippen MR) is 112 cm³/mol. The molecule has 4 heterocycles. The smallest absolute Gasteiger partial charge is 0.261 e. The maximum Gasteiger partial charge on any atom is 0.261 e. The first-order chi connectivity index (χ1) is 14.0. The summed E-state index contributed by atoms with van der Waals surface area (Å²) in [6, 6.07) is 6.33. The van der Waals surface area contributed by atoms with Gasteiger partial charge in [-0.1, -0.05) is 6.07 Å². The zero-order valence-electron chi connectivity index (χ0n) is 16.9. The molecule has 0 saturated carbocycles. The Balaban J connectivity index is 1.49. The molecule has 0 bridgehead atoms. The van der Waals surface area contributed by atoms with Crippen LogP contribution in [0.3, 0.4) is 0 Å². The first kappa shape index (κ1) is 19.7. The fourth-order valence-electron chi connectivity index (χ4n) is 3.96. The Morgan fingerprint density at radius 3 is 2.76 bits per heavy atom. The highest BCUT2D eigenvalue weighted by atomic mass is 16.5. The molecule has 4 rings (SSSR count). The standard InChI is InChI=1S/C21H28N6O2/c1-13-4-3-5-18(23-13)15-11-27(12-15)14(2)19-25-20(17(10-22)21(28)26-19)24-16-6-8-29-9-7-16/h3-5,10,14-16,22H,6-9,11-12H2,1-2H3,(H2,24,25,26,28)/t14-/m1/s1. The van der Waals surface area contributed by atoms with Crippen molar-refractivity contribution in [2.75, 3.05) is 31.6 Å². The van der Waals surface area contributed by atoms with Crippen LogP contribution >= 0.6 is 0 Å². The average Bonchev–Trinajstić information content (AvgIpc) is 2.67. The van der Waals surface area contributed by atoms with Gasteiger partial charge in [0.25, 0.3) is 5.56 Å². The molecule has 0 spiro atoms. The van der Waals surface area contributed by atoms with Gasteiger partial charge in [0, 0.05) is 55.9 Å². The van der Waals surface area contributed by atoms with Crippen molar-refractivity contribution in [3.05, 3.63) is 51.3 Å². The highest BCUT2D eigenvalue weighted by Crippen LogP contribution is 2.32. The lowest BCUT2D eigenvalue weighted by Gasteiger charge is -2.42. The molecule has 3 N–H and O–H groups in total. The van der Waals surface area contributed by atoms with Crippen molar-refractivity contribution in [1.29, 1.82) is 5.41 Å². The fraction of sp³-hybridized carbons (Fsp3) is 0.524. The van der Waals surface area contributed by atoms with Gasteiger partial charge in [0.15, 0.2) is 0 Å². The number of H-pyrrole nitrogens is 1. The summed E-state index contributed by atoms with van der Waals surface area (Å²) in [5, 5.41) is 11.0. The number of nitrogens with one attached hydrogen (secondary N) is 3. The Hall–Kier alpha value is -2.58. The van der Waals surface area contributed by atoms with Gasteiger partial charge in [-0.2, -0.15) is 0 Å². The van der Waals surface area contributed by atoms with Gasteiger partial charge in [-0.15, -0.1) is 0 Å². The minimum atomic E-state index is -0.274. The summed E-state index contributed by atoms with van der Waals surface area (Å²) in [6.07, 6.45) is 2.81. The van der Waals surface area contributed by atoms with Crippen molar-refractivity contribution in [3.63, 3.8) is 0 Å². The predicted octanol–water partition coefficient (Wildman–Crippen LogP) is 2.22. The van der Waals surface area contributed by atoms with E-state index in [-0.39, 0.29) is 23.2 Å². The van der Waals surface area contributed by atoms with Gasteiger partial charge in [0.2, 0.25) is 0 Å². The van der Waals surface area contributed by atoms with Gasteiger partial charge in [0.05, 0.1) is 11.6 Å². The van der Waals surface area contributed by atoms with Crippen LogP contribution in [0.15, 0.2) is 23.0 Å². The molecule has 8 heteroatoms. The lowest BCUT2D eigenvalue weighted by Crippen LogP contribution is -2.47. The minimum absolute atomic E-state index is 0.0150. The number of nitrogens with zero attached hydrogens (tertiary/aromatic N) is 3. The average molecular weight is 396 g/mol. The van der Waals surface area contributed by atoms with Gasteiger partial charge in [-0.3, -0.25) is 14.7 Å². The summed E-state index contributed by atoms with van der Waals surface area (Å²) in [5.41, 5.74) is 2.16. The van der Waals surface area contributed by atoms with E-state index >= 15 is 0 Å². The van der Waals surface area contributed by atoms with Crippen molar-refractivity contribution in [1.82, 2.24) is 19.9 Å². The van der Waals surface area contributed by atoms with Crippen LogP contribution < -0.4 is 10.9 Å². The summed E-state index contributed by atoms with van der Waals surface area (Å²) >= 11 is 0. The third-order valence-corrected chi connectivity index (χ3v) is 5.86. The van der Waals surface area contributed by atoms with Crippen molar-refractivity contribution < 1.29 is 4.74 Å². The van der Waals surface area contributed by atoms with E-state index in [0.29, 0.717) is 30.8 Å². The quantitative estimate of drug-likeness (QED) is 0.647. The molecular weight excluding hydrogens is 368 g/mol. The number of hydrogen-bond acceptors (Lipinski definition) is 7. The van der Waals surface area contributed by atoms with Crippen LogP contribution in [0.2, 0.25) is 0 Å². The van der Waals surface area contributed by atoms with Crippen LogP contribution in [0, 0.1) is 12.3 Å². The highest BCUT2D eigenvalue weighted by molar-refractivity contribution is 5.83. The number of aryl methyl sites for hydroxylation is 1. The van der Waals surface area contributed by atoms with E-state index < -0.39 is 0 Å². The van der Waals surface area contributed by atoms with Crippen LogP contribution in [0.1, 0.15) is 54.5 Å². The molecule has 8 nitrogen and oxygen atoms in total. The zero-order chi connectivity index (χ0) is 20.4. The maximum atomic E-state index is 12.6. The molecule has 0 aromatic carbocycles. The SMILES string of the molecule is Cc1cccc(C2CN([C@H](C)c3nc(NC4CCOCC4)c(C=N)c(=O)[nH]3)C2)n1. The van der Waals surface area contributed by atoms with Gasteiger partial charge in [-0.05, 0) is 38.8 Å². The van der Waals surface area contributed by atoms with Crippen molar-refractivity contribution in [3.8, 4) is 0 Å². The molecule has 0 unspecified atom stereocenters. The third-order valence-electron chi connectivity index (χ3n) is 5.86. The molecule has 0 radical (unpaired) electrons. The van der Waals surface area contributed by atoms with Gasteiger partial charge in [-0.25, -0.2) is 4.98 Å². The summed E-state index contributed by atoms with van der Waals surface area (Å²) in [6.45, 7) is 7.24. The fourth-order valence-corrected chi connectivity index (χ4v) is 3.96. The molecule has 1 atom stereocenters. The minimum Gasteiger partial charge on any atom is -0.381 e. The molecular formula is C21H28N6O2. The molecule has 2 saturated heterocycles. The number of aromatic amines is 1. The van der Waals surface area contributed by atoms with E-state index in [1.807, 2.05) is 19.1 Å². The second kappa shape index (κ2) is 8.42. The van der Waals surface area contributed by atoms with Gasteiger partial charge < -0.3 is 20.4 Å². The van der Waals surface area contributed by atoms with E-state index in [2.05, 4.69) is 33.2 Å². The van der Waals surface area contributed by atoms with Crippen LogP contribution in [-0.2, 0) is 4.74 Å². The van der Waals surface area contributed by atoms with Crippen LogP contribution in [0.5, 0.6) is 0 Å². The van der Waals surface area contributed by atoms with Crippen molar-refractivity contribution >= 4 is 12.0 Å². The number of hydrogen-bond donors (Lipinski definition) is 3. The number of ether oxygens (including phenoxy) is 1. The Bertz CT molecular complexity index is 931. The molecule has 2 aliphatic rings. The Morgan fingerprint density at radius 1 is 1.31 bits per heavy atom. The van der Waals surface area contributed by atoms with Crippen LogP contribution in [-0.4, -0.2) is 58.4 Å². The molecule has 2 aliphatic heterocycles. The summed E-state index contributed by atoms with van der Waals surface area (Å²) in [7, 11) is 0. The van der Waals surface area contributed by atoms with E-state index in [4.69, 9.17) is 15.1 Å². The molecule has 0 amide bonds.